The largest absolute Gasteiger partial charge is 0.465 e. The molecular formula is C24H23N3O6. The van der Waals surface area contributed by atoms with Gasteiger partial charge in [-0.15, -0.1) is 0 Å². The molecule has 0 saturated heterocycles. The van der Waals surface area contributed by atoms with Crippen LogP contribution in [0.15, 0.2) is 51.7 Å². The lowest BCUT2D eigenvalue weighted by molar-refractivity contribution is -0.115. The first-order valence-electron chi connectivity index (χ1n) is 10.4. The van der Waals surface area contributed by atoms with Gasteiger partial charge in [0.15, 0.2) is 5.58 Å². The van der Waals surface area contributed by atoms with Gasteiger partial charge in [-0.1, -0.05) is 19.1 Å². The molecule has 170 valence electrons. The van der Waals surface area contributed by atoms with Crippen LogP contribution in [0.25, 0.3) is 33.3 Å². The van der Waals surface area contributed by atoms with E-state index in [-0.39, 0.29) is 12.5 Å². The highest BCUT2D eigenvalue weighted by Gasteiger charge is 2.20. The quantitative estimate of drug-likeness (QED) is 0.429. The molecule has 1 amide bonds. The third-order valence-corrected chi connectivity index (χ3v) is 5.29. The molecule has 2 aromatic carbocycles. The maximum absolute atomic E-state index is 13.0. The van der Waals surface area contributed by atoms with Crippen molar-refractivity contribution in [3.63, 3.8) is 0 Å². The standard InChI is InChI=1S/C24H23N3O6/c1-4-19(28)25-16-8-5-14(6-9-16)20-22-21(27(11-12-31-2)24(30)26-20)17-10-7-15(23(29)32-3)13-18(17)33-22/h5-10,13H,4,11-12H2,1-3H3,(H,25,28). The number of aromatic nitrogens is 2. The predicted molar refractivity (Wildman–Crippen MR) is 123 cm³/mol. The lowest BCUT2D eigenvalue weighted by atomic mass is 10.1. The first kappa shape index (κ1) is 22.2. The van der Waals surface area contributed by atoms with E-state index in [9.17, 15) is 14.4 Å². The van der Waals surface area contributed by atoms with Crippen molar-refractivity contribution in [1.82, 2.24) is 9.55 Å². The Hall–Kier alpha value is -3.98. The summed E-state index contributed by atoms with van der Waals surface area (Å²) < 4.78 is 17.6. The second kappa shape index (κ2) is 9.25. The highest BCUT2D eigenvalue weighted by atomic mass is 16.5. The zero-order chi connectivity index (χ0) is 23.5. The number of amides is 1. The number of nitrogens with zero attached hydrogens (tertiary/aromatic N) is 2. The summed E-state index contributed by atoms with van der Waals surface area (Å²) in [5, 5.41) is 3.46. The monoisotopic (exact) mass is 449 g/mol. The zero-order valence-electron chi connectivity index (χ0n) is 18.5. The van der Waals surface area contributed by atoms with Crippen LogP contribution in [0.1, 0.15) is 23.7 Å². The Bertz CT molecular complexity index is 1400. The summed E-state index contributed by atoms with van der Waals surface area (Å²) in [4.78, 5) is 40.9. The smallest absolute Gasteiger partial charge is 0.348 e. The number of ether oxygens (including phenoxy) is 2. The number of hydrogen-bond donors (Lipinski definition) is 1. The van der Waals surface area contributed by atoms with Gasteiger partial charge in [-0.25, -0.2) is 9.59 Å². The summed E-state index contributed by atoms with van der Waals surface area (Å²) in [6.45, 7) is 2.37. The summed E-state index contributed by atoms with van der Waals surface area (Å²) in [6.07, 6.45) is 0.371. The van der Waals surface area contributed by atoms with Gasteiger partial charge in [0.25, 0.3) is 0 Å². The number of carbonyl (C=O) groups excluding carboxylic acids is 2. The summed E-state index contributed by atoms with van der Waals surface area (Å²) in [5.74, 6) is -0.583. The molecule has 0 radical (unpaired) electrons. The minimum absolute atomic E-state index is 0.0947. The zero-order valence-corrected chi connectivity index (χ0v) is 18.5. The number of carbonyl (C=O) groups is 2. The van der Waals surface area contributed by atoms with Gasteiger partial charge in [0, 0.05) is 30.2 Å². The molecule has 4 aromatic rings. The van der Waals surface area contributed by atoms with E-state index in [1.807, 2.05) is 0 Å². The maximum atomic E-state index is 13.0. The van der Waals surface area contributed by atoms with Crippen molar-refractivity contribution in [2.45, 2.75) is 19.9 Å². The van der Waals surface area contributed by atoms with E-state index in [1.54, 1.807) is 56.5 Å². The normalized spacial score (nSPS) is 11.1. The average molecular weight is 449 g/mol. The molecule has 0 fully saturated rings. The predicted octanol–water partition coefficient (Wildman–Crippen LogP) is 3.59. The van der Waals surface area contributed by atoms with E-state index >= 15 is 0 Å². The third kappa shape index (κ3) is 4.22. The fourth-order valence-corrected chi connectivity index (χ4v) is 3.61. The number of rotatable bonds is 7. The number of anilines is 1. The van der Waals surface area contributed by atoms with Crippen LogP contribution in [0.3, 0.4) is 0 Å². The summed E-state index contributed by atoms with van der Waals surface area (Å²) in [5.41, 5.74) is 2.95. The molecule has 0 unspecified atom stereocenters. The molecule has 2 heterocycles. The molecule has 9 nitrogen and oxygen atoms in total. The summed E-state index contributed by atoms with van der Waals surface area (Å²) >= 11 is 0. The van der Waals surface area contributed by atoms with Crippen LogP contribution in [0.4, 0.5) is 5.69 Å². The van der Waals surface area contributed by atoms with Crippen LogP contribution in [-0.4, -0.2) is 42.3 Å². The highest BCUT2D eigenvalue weighted by molar-refractivity contribution is 6.08. The average Bonchev–Trinajstić information content (AvgIpc) is 3.21. The molecule has 0 aliphatic heterocycles. The van der Waals surface area contributed by atoms with Crippen molar-refractivity contribution < 1.29 is 23.5 Å². The minimum atomic E-state index is -0.489. The lowest BCUT2D eigenvalue weighted by Gasteiger charge is -2.10. The van der Waals surface area contributed by atoms with E-state index in [0.717, 1.165) is 0 Å². The van der Waals surface area contributed by atoms with Crippen molar-refractivity contribution >= 4 is 39.6 Å². The van der Waals surface area contributed by atoms with E-state index < -0.39 is 11.7 Å². The molecule has 0 atom stereocenters. The first-order valence-corrected chi connectivity index (χ1v) is 10.4. The Balaban J connectivity index is 1.92. The van der Waals surface area contributed by atoms with Crippen LogP contribution in [-0.2, 0) is 20.8 Å². The van der Waals surface area contributed by atoms with Gasteiger partial charge in [-0.05, 0) is 30.3 Å². The van der Waals surface area contributed by atoms with Gasteiger partial charge in [0.2, 0.25) is 5.91 Å². The Morgan fingerprint density at radius 2 is 1.88 bits per heavy atom. The van der Waals surface area contributed by atoms with Gasteiger partial charge >= 0.3 is 11.7 Å². The van der Waals surface area contributed by atoms with Crippen LogP contribution >= 0.6 is 0 Å². The fourth-order valence-electron chi connectivity index (χ4n) is 3.61. The third-order valence-electron chi connectivity index (χ3n) is 5.29. The molecule has 0 bridgehead atoms. The van der Waals surface area contributed by atoms with Gasteiger partial charge in [0.05, 0.1) is 25.8 Å². The van der Waals surface area contributed by atoms with E-state index in [1.165, 1.54) is 11.7 Å². The lowest BCUT2D eigenvalue weighted by Crippen LogP contribution is -2.25. The SMILES string of the molecule is CCC(=O)Nc1ccc(-c2nc(=O)n(CCOC)c3c2oc2cc(C(=O)OC)ccc23)cc1. The number of nitrogens with one attached hydrogen (secondary N) is 1. The van der Waals surface area contributed by atoms with Gasteiger partial charge < -0.3 is 19.2 Å². The minimum Gasteiger partial charge on any atom is -0.465 e. The van der Waals surface area contributed by atoms with E-state index in [0.29, 0.717) is 57.6 Å². The van der Waals surface area contributed by atoms with Gasteiger partial charge in [-0.3, -0.25) is 9.36 Å². The highest BCUT2D eigenvalue weighted by Crippen LogP contribution is 2.34. The maximum Gasteiger partial charge on any atom is 0.348 e. The Labute approximate surface area is 188 Å². The molecule has 0 aliphatic rings. The van der Waals surface area contributed by atoms with Crippen molar-refractivity contribution in [3.8, 4) is 11.3 Å². The number of hydrogen-bond acceptors (Lipinski definition) is 7. The second-order valence-corrected chi connectivity index (χ2v) is 7.35. The molecule has 0 aliphatic carbocycles. The molecule has 9 heteroatoms. The molecule has 0 spiro atoms. The number of esters is 1. The number of furan rings is 1. The number of methoxy groups -OCH3 is 2. The first-order chi connectivity index (χ1) is 16.0. The van der Waals surface area contributed by atoms with Crippen LogP contribution in [0, 0.1) is 0 Å². The molecular weight excluding hydrogens is 426 g/mol. The number of fused-ring (bicyclic) bond motifs is 3. The molecule has 0 saturated carbocycles. The molecule has 1 N–H and O–H groups in total. The summed E-state index contributed by atoms with van der Waals surface area (Å²) in [6, 6.07) is 11.9. The second-order valence-electron chi connectivity index (χ2n) is 7.35. The Kier molecular flexibility index (Phi) is 6.23. The number of benzene rings is 2. The van der Waals surface area contributed by atoms with Crippen LogP contribution in [0.2, 0.25) is 0 Å². The van der Waals surface area contributed by atoms with Crippen molar-refractivity contribution in [2.24, 2.45) is 0 Å². The molecule has 33 heavy (non-hydrogen) atoms. The van der Waals surface area contributed by atoms with Crippen molar-refractivity contribution in [3.05, 3.63) is 58.5 Å². The van der Waals surface area contributed by atoms with Crippen molar-refractivity contribution in [1.29, 1.82) is 0 Å². The fraction of sp³-hybridized carbons (Fsp3) is 0.250. The molecule has 4 rings (SSSR count). The van der Waals surface area contributed by atoms with Crippen molar-refractivity contribution in [2.75, 3.05) is 26.1 Å². The molecule has 2 aromatic heterocycles. The van der Waals surface area contributed by atoms with Crippen LogP contribution < -0.4 is 11.0 Å². The van der Waals surface area contributed by atoms with Gasteiger partial charge in [0.1, 0.15) is 16.8 Å². The van der Waals surface area contributed by atoms with Crippen LogP contribution in [0.5, 0.6) is 0 Å². The van der Waals surface area contributed by atoms with Gasteiger partial charge in [-0.2, -0.15) is 4.98 Å². The van der Waals surface area contributed by atoms with E-state index in [4.69, 9.17) is 13.9 Å². The summed E-state index contributed by atoms with van der Waals surface area (Å²) in [7, 11) is 2.86. The Morgan fingerprint density at radius 1 is 1.12 bits per heavy atom. The Morgan fingerprint density at radius 3 is 2.55 bits per heavy atom. The topological polar surface area (TPSA) is 113 Å². The van der Waals surface area contributed by atoms with E-state index in [2.05, 4.69) is 10.3 Å².